The van der Waals surface area contributed by atoms with Crippen molar-refractivity contribution in [1.29, 1.82) is 5.41 Å². The number of pyridine rings is 1. The van der Waals surface area contributed by atoms with Crippen molar-refractivity contribution in [2.75, 3.05) is 5.43 Å². The predicted molar refractivity (Wildman–Crippen MR) is 188 cm³/mol. The standard InChI is InChI=1S/C41H30N4/c42-41-39(38-21-10-9-19-36(38)31-14-5-2-6-15-31)27-33(37-20-8-7-18-35(37)30-12-3-1-4-13-30)28-40(41)45-44-34-17-11-16-32(26-34)29-22-24-43-25-23-29/h1-28,42,44H/b42-41?,45-40-. The zero-order chi connectivity index (χ0) is 30.4. The van der Waals surface area contributed by atoms with E-state index in [1.165, 1.54) is 0 Å². The Balaban J connectivity index is 1.35. The molecule has 214 valence electrons. The molecule has 1 aromatic heterocycles. The molecule has 0 aliphatic heterocycles. The van der Waals surface area contributed by atoms with Crippen LogP contribution in [0.15, 0.2) is 175 Å². The van der Waals surface area contributed by atoms with Crippen molar-refractivity contribution in [1.82, 2.24) is 4.98 Å². The Morgan fingerprint density at radius 2 is 1.04 bits per heavy atom. The summed E-state index contributed by atoms with van der Waals surface area (Å²) < 4.78 is 0. The first-order valence-electron chi connectivity index (χ1n) is 14.9. The van der Waals surface area contributed by atoms with Crippen LogP contribution in [0.3, 0.4) is 0 Å². The molecule has 0 fully saturated rings. The smallest absolute Gasteiger partial charge is 0.109 e. The molecule has 0 amide bonds. The molecule has 1 heterocycles. The van der Waals surface area contributed by atoms with Crippen molar-refractivity contribution in [2.24, 2.45) is 5.10 Å². The summed E-state index contributed by atoms with van der Waals surface area (Å²) in [7, 11) is 0. The number of aromatic nitrogens is 1. The van der Waals surface area contributed by atoms with Gasteiger partial charge >= 0.3 is 0 Å². The van der Waals surface area contributed by atoms with Crippen LogP contribution in [-0.2, 0) is 0 Å². The monoisotopic (exact) mass is 578 g/mol. The average molecular weight is 579 g/mol. The van der Waals surface area contributed by atoms with E-state index in [1.54, 1.807) is 12.4 Å². The third-order valence-corrected chi connectivity index (χ3v) is 7.92. The van der Waals surface area contributed by atoms with Crippen LogP contribution in [-0.4, -0.2) is 16.4 Å². The molecule has 0 radical (unpaired) electrons. The van der Waals surface area contributed by atoms with Gasteiger partial charge in [-0.25, -0.2) is 0 Å². The first-order chi connectivity index (χ1) is 22.2. The maximum absolute atomic E-state index is 9.42. The first kappa shape index (κ1) is 27.7. The van der Waals surface area contributed by atoms with E-state index < -0.39 is 0 Å². The summed E-state index contributed by atoms with van der Waals surface area (Å²) in [5.74, 6) is 0. The highest BCUT2D eigenvalue weighted by Gasteiger charge is 2.23. The summed E-state index contributed by atoms with van der Waals surface area (Å²) in [4.78, 5) is 4.14. The van der Waals surface area contributed by atoms with E-state index in [9.17, 15) is 5.41 Å². The van der Waals surface area contributed by atoms with Crippen molar-refractivity contribution in [3.8, 4) is 33.4 Å². The van der Waals surface area contributed by atoms with Gasteiger partial charge in [-0.3, -0.25) is 15.8 Å². The molecule has 6 aromatic rings. The summed E-state index contributed by atoms with van der Waals surface area (Å²) in [5, 5.41) is 14.3. The van der Waals surface area contributed by atoms with Gasteiger partial charge in [0.2, 0.25) is 0 Å². The highest BCUT2D eigenvalue weighted by Crippen LogP contribution is 2.37. The molecule has 45 heavy (non-hydrogen) atoms. The van der Waals surface area contributed by atoms with E-state index in [4.69, 9.17) is 5.10 Å². The van der Waals surface area contributed by atoms with Crippen molar-refractivity contribution >= 4 is 28.3 Å². The lowest BCUT2D eigenvalue weighted by Gasteiger charge is -2.21. The minimum Gasteiger partial charge on any atom is -0.298 e. The third-order valence-electron chi connectivity index (χ3n) is 7.92. The van der Waals surface area contributed by atoms with Crippen LogP contribution in [0.1, 0.15) is 11.1 Å². The van der Waals surface area contributed by atoms with Gasteiger partial charge in [0, 0.05) is 18.0 Å². The third kappa shape index (κ3) is 5.90. The Bertz CT molecular complexity index is 2080. The molecule has 0 unspecified atom stereocenters. The molecular formula is C41H30N4. The number of benzene rings is 5. The molecule has 4 nitrogen and oxygen atoms in total. The topological polar surface area (TPSA) is 61.1 Å². The number of nitrogens with one attached hydrogen (secondary N) is 2. The first-order valence-corrected chi connectivity index (χ1v) is 14.9. The van der Waals surface area contributed by atoms with Gasteiger partial charge in [-0.1, -0.05) is 121 Å². The van der Waals surface area contributed by atoms with Gasteiger partial charge in [-0.05, 0) is 86.5 Å². The van der Waals surface area contributed by atoms with Crippen LogP contribution in [0.5, 0.6) is 0 Å². The van der Waals surface area contributed by atoms with Gasteiger partial charge in [0.15, 0.2) is 0 Å². The molecule has 0 saturated heterocycles. The molecule has 4 heteroatoms. The number of rotatable bonds is 7. The summed E-state index contributed by atoms with van der Waals surface area (Å²) in [6.07, 6.45) is 7.73. The van der Waals surface area contributed by atoms with Gasteiger partial charge in [0.25, 0.3) is 0 Å². The Morgan fingerprint density at radius 3 is 1.71 bits per heavy atom. The zero-order valence-corrected chi connectivity index (χ0v) is 24.6. The molecule has 5 aromatic carbocycles. The largest absolute Gasteiger partial charge is 0.298 e. The van der Waals surface area contributed by atoms with Crippen LogP contribution < -0.4 is 5.43 Å². The van der Waals surface area contributed by atoms with Crippen LogP contribution in [0.25, 0.3) is 44.5 Å². The molecule has 0 bridgehead atoms. The highest BCUT2D eigenvalue weighted by molar-refractivity contribution is 6.62. The van der Waals surface area contributed by atoms with E-state index in [2.05, 4.69) is 101 Å². The quantitative estimate of drug-likeness (QED) is 0.146. The van der Waals surface area contributed by atoms with Crippen LogP contribution in [0.4, 0.5) is 5.69 Å². The Morgan fingerprint density at radius 1 is 0.489 bits per heavy atom. The molecule has 7 rings (SSSR count). The normalized spacial score (nSPS) is 13.7. The van der Waals surface area contributed by atoms with Crippen LogP contribution >= 0.6 is 0 Å². The number of anilines is 1. The van der Waals surface area contributed by atoms with Crippen LogP contribution in [0.2, 0.25) is 0 Å². The van der Waals surface area contributed by atoms with Gasteiger partial charge < -0.3 is 0 Å². The van der Waals surface area contributed by atoms with Crippen LogP contribution in [0, 0.1) is 5.41 Å². The Hall–Kier alpha value is -6.13. The molecule has 0 saturated carbocycles. The fraction of sp³-hybridized carbons (Fsp3) is 0. The number of hydrogen-bond acceptors (Lipinski definition) is 4. The number of nitrogens with zero attached hydrogens (tertiary/aromatic N) is 2. The minimum atomic E-state index is 0.358. The Kier molecular flexibility index (Phi) is 7.76. The Labute approximate surface area is 263 Å². The van der Waals surface area contributed by atoms with E-state index in [-0.39, 0.29) is 0 Å². The van der Waals surface area contributed by atoms with E-state index >= 15 is 0 Å². The van der Waals surface area contributed by atoms with E-state index in [1.807, 2.05) is 66.7 Å². The second-order valence-electron chi connectivity index (χ2n) is 10.8. The number of allylic oxidation sites excluding steroid dienone is 4. The van der Waals surface area contributed by atoms with Crippen molar-refractivity contribution in [3.05, 3.63) is 181 Å². The van der Waals surface area contributed by atoms with Gasteiger partial charge in [0.05, 0.1) is 11.4 Å². The molecule has 1 aliphatic rings. The lowest BCUT2D eigenvalue weighted by molar-refractivity contribution is 1.32. The number of hydrazone groups is 1. The lowest BCUT2D eigenvalue weighted by atomic mass is 9.83. The summed E-state index contributed by atoms with van der Waals surface area (Å²) in [6, 6.07) is 49.6. The SMILES string of the molecule is N=C1C(c2ccccc2-c2ccccc2)=CC(c2ccccc2-c2ccccc2)=C/C1=N/Nc1cccc(-c2ccncc2)c1. The maximum atomic E-state index is 9.42. The lowest BCUT2D eigenvalue weighted by Crippen LogP contribution is -2.19. The molecule has 2 N–H and O–H groups in total. The summed E-state index contributed by atoms with van der Waals surface area (Å²) >= 11 is 0. The second-order valence-corrected chi connectivity index (χ2v) is 10.8. The highest BCUT2D eigenvalue weighted by atomic mass is 15.3. The van der Waals surface area contributed by atoms with E-state index in [0.29, 0.717) is 11.4 Å². The predicted octanol–water partition coefficient (Wildman–Crippen LogP) is 10.1. The van der Waals surface area contributed by atoms with Gasteiger partial charge in [-0.15, -0.1) is 0 Å². The summed E-state index contributed by atoms with van der Waals surface area (Å²) in [5.41, 5.74) is 15.5. The van der Waals surface area contributed by atoms with Crippen molar-refractivity contribution < 1.29 is 0 Å². The van der Waals surface area contributed by atoms with Crippen molar-refractivity contribution in [3.63, 3.8) is 0 Å². The second kappa shape index (κ2) is 12.6. The van der Waals surface area contributed by atoms with Crippen molar-refractivity contribution in [2.45, 2.75) is 0 Å². The fourth-order valence-corrected chi connectivity index (χ4v) is 5.71. The molecule has 0 spiro atoms. The fourth-order valence-electron chi connectivity index (χ4n) is 5.71. The molecule has 1 aliphatic carbocycles. The van der Waals surface area contributed by atoms with Gasteiger partial charge in [-0.2, -0.15) is 5.10 Å². The zero-order valence-electron chi connectivity index (χ0n) is 24.6. The maximum Gasteiger partial charge on any atom is 0.109 e. The molecular weight excluding hydrogens is 548 g/mol. The van der Waals surface area contributed by atoms with E-state index in [0.717, 1.165) is 61.3 Å². The minimum absolute atomic E-state index is 0.358. The molecule has 0 atom stereocenters. The van der Waals surface area contributed by atoms with Gasteiger partial charge in [0.1, 0.15) is 5.71 Å². The number of hydrogen-bond donors (Lipinski definition) is 2. The average Bonchev–Trinajstić information content (AvgIpc) is 3.12. The summed E-state index contributed by atoms with van der Waals surface area (Å²) in [6.45, 7) is 0.